The molecule has 1 heterocycles. The lowest BCUT2D eigenvalue weighted by Gasteiger charge is -2.07. The number of pyridine rings is 1. The summed E-state index contributed by atoms with van der Waals surface area (Å²) in [6.07, 6.45) is 1.66. The Hall–Kier alpha value is -1.42. The van der Waals surface area contributed by atoms with Gasteiger partial charge in [-0.15, -0.1) is 0 Å². The molecule has 0 saturated heterocycles. The maximum absolute atomic E-state index is 13.4. The summed E-state index contributed by atoms with van der Waals surface area (Å²) >= 11 is 3.29. The van der Waals surface area contributed by atoms with Crippen LogP contribution in [0.4, 0.5) is 15.9 Å². The Kier molecular flexibility index (Phi) is 3.19. The Balaban J connectivity index is 2.26. The van der Waals surface area contributed by atoms with Gasteiger partial charge in [-0.05, 0) is 52.7 Å². The molecule has 0 spiro atoms. The van der Waals surface area contributed by atoms with E-state index in [1.165, 1.54) is 6.07 Å². The summed E-state index contributed by atoms with van der Waals surface area (Å²) in [5.74, 6) is 0.336. The van der Waals surface area contributed by atoms with Crippen molar-refractivity contribution in [2.45, 2.75) is 6.92 Å². The van der Waals surface area contributed by atoms with Gasteiger partial charge in [0.15, 0.2) is 0 Å². The van der Waals surface area contributed by atoms with Gasteiger partial charge < -0.3 is 5.32 Å². The van der Waals surface area contributed by atoms with Gasteiger partial charge >= 0.3 is 0 Å². The average Bonchev–Trinajstić information content (AvgIpc) is 2.27. The zero-order chi connectivity index (χ0) is 11.5. The molecule has 1 aromatic heterocycles. The molecule has 0 amide bonds. The van der Waals surface area contributed by atoms with Crippen LogP contribution in [0.25, 0.3) is 0 Å². The molecule has 1 N–H and O–H groups in total. The van der Waals surface area contributed by atoms with E-state index in [1.807, 2.05) is 13.0 Å². The number of nitrogens with zero attached hydrogens (tertiary/aromatic N) is 1. The summed E-state index contributed by atoms with van der Waals surface area (Å²) in [6, 6.07) is 8.56. The molecule has 0 fully saturated rings. The SMILES string of the molecule is Cc1ccc(F)c(Nc2ccc(Br)cn2)c1. The van der Waals surface area contributed by atoms with Crippen molar-refractivity contribution in [1.82, 2.24) is 4.98 Å². The third-order valence-corrected chi connectivity index (χ3v) is 2.58. The van der Waals surface area contributed by atoms with Crippen molar-refractivity contribution in [2.75, 3.05) is 5.32 Å². The number of halogens is 2. The van der Waals surface area contributed by atoms with E-state index >= 15 is 0 Å². The van der Waals surface area contributed by atoms with E-state index in [0.717, 1.165) is 10.0 Å². The van der Waals surface area contributed by atoms with Gasteiger partial charge in [0.1, 0.15) is 11.6 Å². The van der Waals surface area contributed by atoms with Crippen LogP contribution >= 0.6 is 15.9 Å². The van der Waals surface area contributed by atoms with Crippen molar-refractivity contribution in [2.24, 2.45) is 0 Å². The summed E-state index contributed by atoms with van der Waals surface area (Å²) in [4.78, 5) is 4.12. The molecule has 0 aliphatic carbocycles. The first-order valence-corrected chi connectivity index (χ1v) is 5.59. The van der Waals surface area contributed by atoms with Gasteiger partial charge in [0, 0.05) is 10.7 Å². The lowest BCUT2D eigenvalue weighted by Crippen LogP contribution is -1.96. The molecular formula is C12H10BrFN2. The van der Waals surface area contributed by atoms with Gasteiger partial charge in [0.05, 0.1) is 5.69 Å². The number of rotatable bonds is 2. The predicted octanol–water partition coefficient (Wildman–Crippen LogP) is 4.04. The van der Waals surface area contributed by atoms with E-state index in [9.17, 15) is 4.39 Å². The molecule has 2 aromatic rings. The van der Waals surface area contributed by atoms with Crippen molar-refractivity contribution in [1.29, 1.82) is 0 Å². The van der Waals surface area contributed by atoms with Gasteiger partial charge in [-0.2, -0.15) is 0 Å². The molecule has 0 aliphatic heterocycles. The first-order chi connectivity index (χ1) is 7.65. The number of aromatic nitrogens is 1. The lowest BCUT2D eigenvalue weighted by molar-refractivity contribution is 0.631. The fraction of sp³-hybridized carbons (Fsp3) is 0.0833. The van der Waals surface area contributed by atoms with Crippen molar-refractivity contribution in [3.63, 3.8) is 0 Å². The fourth-order valence-electron chi connectivity index (χ4n) is 1.32. The number of hydrogen-bond donors (Lipinski definition) is 1. The monoisotopic (exact) mass is 280 g/mol. The Bertz CT molecular complexity index is 497. The lowest BCUT2D eigenvalue weighted by atomic mass is 10.2. The maximum atomic E-state index is 13.4. The van der Waals surface area contributed by atoms with Crippen LogP contribution in [-0.2, 0) is 0 Å². The highest BCUT2D eigenvalue weighted by Crippen LogP contribution is 2.20. The molecule has 0 atom stereocenters. The molecule has 0 bridgehead atoms. The second kappa shape index (κ2) is 4.61. The molecular weight excluding hydrogens is 271 g/mol. The third-order valence-electron chi connectivity index (χ3n) is 2.11. The smallest absolute Gasteiger partial charge is 0.146 e. The standard InChI is InChI=1S/C12H10BrFN2/c1-8-2-4-10(14)11(6-8)16-12-5-3-9(13)7-15-12/h2-7H,1H3,(H,15,16). The van der Waals surface area contributed by atoms with E-state index < -0.39 is 0 Å². The molecule has 0 radical (unpaired) electrons. The largest absolute Gasteiger partial charge is 0.338 e. The topological polar surface area (TPSA) is 24.9 Å². The van der Waals surface area contributed by atoms with Crippen molar-refractivity contribution < 1.29 is 4.39 Å². The minimum Gasteiger partial charge on any atom is -0.338 e. The van der Waals surface area contributed by atoms with Crippen LogP contribution in [0.3, 0.4) is 0 Å². The van der Waals surface area contributed by atoms with Crippen LogP contribution in [0.5, 0.6) is 0 Å². The number of nitrogens with one attached hydrogen (secondary N) is 1. The third kappa shape index (κ3) is 2.58. The van der Waals surface area contributed by atoms with Crippen LogP contribution in [0, 0.1) is 12.7 Å². The van der Waals surface area contributed by atoms with Crippen LogP contribution in [-0.4, -0.2) is 4.98 Å². The number of benzene rings is 1. The summed E-state index contributed by atoms with van der Waals surface area (Å²) in [6.45, 7) is 1.92. The number of anilines is 2. The van der Waals surface area contributed by atoms with Gasteiger partial charge in [0.25, 0.3) is 0 Å². The normalized spacial score (nSPS) is 10.2. The highest BCUT2D eigenvalue weighted by Gasteiger charge is 2.02. The molecule has 82 valence electrons. The van der Waals surface area contributed by atoms with Crippen LogP contribution in [0.2, 0.25) is 0 Å². The molecule has 16 heavy (non-hydrogen) atoms. The second-order valence-corrected chi connectivity index (χ2v) is 4.39. The minimum absolute atomic E-state index is 0.282. The van der Waals surface area contributed by atoms with Crippen LogP contribution in [0.1, 0.15) is 5.56 Å². The van der Waals surface area contributed by atoms with Crippen LogP contribution < -0.4 is 5.32 Å². The van der Waals surface area contributed by atoms with E-state index in [1.54, 1.807) is 24.4 Å². The number of hydrogen-bond acceptors (Lipinski definition) is 2. The van der Waals surface area contributed by atoms with Gasteiger partial charge in [-0.1, -0.05) is 6.07 Å². The first kappa shape index (κ1) is 11.1. The van der Waals surface area contributed by atoms with E-state index in [4.69, 9.17) is 0 Å². The molecule has 0 saturated carbocycles. The maximum Gasteiger partial charge on any atom is 0.146 e. The summed E-state index contributed by atoms with van der Waals surface area (Å²) in [5, 5.41) is 2.93. The van der Waals surface area contributed by atoms with Crippen LogP contribution in [0.15, 0.2) is 41.0 Å². The summed E-state index contributed by atoms with van der Waals surface area (Å²) in [5.41, 5.74) is 1.44. The highest BCUT2D eigenvalue weighted by molar-refractivity contribution is 9.10. The van der Waals surface area contributed by atoms with E-state index in [-0.39, 0.29) is 5.82 Å². The van der Waals surface area contributed by atoms with Gasteiger partial charge in [-0.3, -0.25) is 0 Å². The Labute approximate surface area is 102 Å². The van der Waals surface area contributed by atoms with Crippen molar-refractivity contribution >= 4 is 27.4 Å². The highest BCUT2D eigenvalue weighted by atomic mass is 79.9. The zero-order valence-electron chi connectivity index (χ0n) is 8.67. The first-order valence-electron chi connectivity index (χ1n) is 4.80. The molecule has 1 aromatic carbocycles. The summed E-state index contributed by atoms with van der Waals surface area (Å²) in [7, 11) is 0. The summed E-state index contributed by atoms with van der Waals surface area (Å²) < 4.78 is 14.3. The molecule has 0 unspecified atom stereocenters. The average molecular weight is 281 g/mol. The second-order valence-electron chi connectivity index (χ2n) is 3.47. The van der Waals surface area contributed by atoms with Gasteiger partial charge in [0.2, 0.25) is 0 Å². The number of aryl methyl sites for hydroxylation is 1. The van der Waals surface area contributed by atoms with E-state index in [0.29, 0.717) is 11.5 Å². The Morgan fingerprint density at radius 2 is 2.06 bits per heavy atom. The van der Waals surface area contributed by atoms with E-state index in [2.05, 4.69) is 26.2 Å². The fourth-order valence-corrected chi connectivity index (χ4v) is 1.56. The molecule has 2 nitrogen and oxygen atoms in total. The van der Waals surface area contributed by atoms with Crippen molar-refractivity contribution in [3.05, 3.63) is 52.4 Å². The van der Waals surface area contributed by atoms with Crippen molar-refractivity contribution in [3.8, 4) is 0 Å². The quantitative estimate of drug-likeness (QED) is 0.898. The molecule has 0 aliphatic rings. The molecule has 2 rings (SSSR count). The minimum atomic E-state index is -0.282. The predicted molar refractivity (Wildman–Crippen MR) is 66.4 cm³/mol. The van der Waals surface area contributed by atoms with Gasteiger partial charge in [-0.25, -0.2) is 9.37 Å². The Morgan fingerprint density at radius 3 is 2.75 bits per heavy atom. The molecule has 4 heteroatoms. The zero-order valence-corrected chi connectivity index (χ0v) is 10.3. The Morgan fingerprint density at radius 1 is 1.25 bits per heavy atom.